The zero-order valence-electron chi connectivity index (χ0n) is 37.2. The van der Waals surface area contributed by atoms with E-state index in [0.29, 0.717) is 0 Å². The van der Waals surface area contributed by atoms with E-state index in [4.69, 9.17) is 25.7 Å². The van der Waals surface area contributed by atoms with E-state index in [1.54, 1.807) is 0 Å². The Balaban J connectivity index is 7.00. The molecule has 0 aromatic carbocycles. The monoisotopic (exact) mass is 1200 g/mol. The van der Waals surface area contributed by atoms with Crippen molar-refractivity contribution < 1.29 is 195 Å². The molecule has 0 aromatic heterocycles. The van der Waals surface area contributed by atoms with E-state index < -0.39 is 216 Å². The number of hydrogen-bond acceptors (Lipinski definition) is 37. The van der Waals surface area contributed by atoms with Gasteiger partial charge in [-0.05, 0) is 0 Å². The van der Waals surface area contributed by atoms with Crippen molar-refractivity contribution in [1.29, 1.82) is 0 Å². The van der Waals surface area contributed by atoms with Gasteiger partial charge in [-0.2, -0.15) is 4.31 Å². The van der Waals surface area contributed by atoms with E-state index in [2.05, 4.69) is 31.5 Å². The van der Waals surface area contributed by atoms with Crippen LogP contribution in [0.3, 0.4) is 0 Å². The second-order valence-electron chi connectivity index (χ2n) is 15.0. The number of Topliss-reactive ketones (excluding diaryl/α,β-unsaturated/α-hetero) is 1. The molecule has 0 rings (SSSR count). The van der Waals surface area contributed by atoms with Crippen LogP contribution in [0.1, 0.15) is 0 Å². The molecule has 41 nitrogen and oxygen atoms in total. The van der Waals surface area contributed by atoms with Crippen LogP contribution in [-0.4, -0.2) is 307 Å². The van der Waals surface area contributed by atoms with Crippen molar-refractivity contribution in [2.75, 3.05) is 26.4 Å². The van der Waals surface area contributed by atoms with Gasteiger partial charge in [0.05, 0.1) is 32.5 Å². The molecule has 0 radical (unpaired) electrons. The lowest BCUT2D eigenvalue weighted by atomic mass is 9.92. The van der Waals surface area contributed by atoms with E-state index in [9.17, 15) is 144 Å². The molecule has 0 bridgehead atoms. The minimum atomic E-state index is -6.96. The van der Waals surface area contributed by atoms with E-state index in [1.807, 2.05) is 0 Å². The second kappa shape index (κ2) is 31.5. The molecule has 0 saturated heterocycles. The third kappa shape index (κ3) is 22.4. The van der Waals surface area contributed by atoms with Crippen LogP contribution in [0, 0.1) is 0 Å². The Morgan fingerprint density at radius 3 is 1.28 bits per heavy atom. The lowest BCUT2D eigenvalue weighted by molar-refractivity contribution is -0.176. The first-order valence-electron chi connectivity index (χ1n) is 19.9. The van der Waals surface area contributed by atoms with Gasteiger partial charge in [-0.1, -0.05) is 0 Å². The Morgan fingerprint density at radius 1 is 0.453 bits per heavy atom. The van der Waals surface area contributed by atoms with Crippen molar-refractivity contribution >= 4 is 61.6 Å². The Bertz CT molecular complexity index is 2020. The maximum Gasteiger partial charge on any atom is 0.541 e. The van der Waals surface area contributed by atoms with Crippen LogP contribution in [0.5, 0.6) is 0 Å². The fraction of sp³-hybridized carbons (Fsp3) is 0.833. The number of rotatable bonds is 38. The first kappa shape index (κ1) is 72.7. The number of ketones is 1. The fourth-order valence-corrected chi connectivity index (χ4v) is 9.32. The summed E-state index contributed by atoms with van der Waals surface area (Å²) in [6, 6.07) is -2.79. The number of carbonyl (C=O) groups excluding carboxylic acids is 5. The Labute approximate surface area is 417 Å². The summed E-state index contributed by atoms with van der Waals surface area (Å²) >= 11 is 0. The van der Waals surface area contributed by atoms with E-state index in [1.165, 1.54) is 0 Å². The van der Waals surface area contributed by atoms with Gasteiger partial charge in [0.15, 0.2) is 30.4 Å². The summed E-state index contributed by atoms with van der Waals surface area (Å²) in [6.45, 7) is -6.06. The molecule has 0 aliphatic carbocycles. The molecule has 0 aliphatic heterocycles. The molecular formula is C30H57NO40P4. The normalized spacial score (nSPS) is 23.4. The van der Waals surface area contributed by atoms with Crippen molar-refractivity contribution in [3.05, 3.63) is 0 Å². The summed E-state index contributed by atoms with van der Waals surface area (Å²) < 4.78 is 80.6. The van der Waals surface area contributed by atoms with Crippen LogP contribution >= 0.6 is 31.3 Å². The highest BCUT2D eigenvalue weighted by Crippen LogP contribution is 2.65. The van der Waals surface area contributed by atoms with Crippen molar-refractivity contribution in [2.45, 2.75) is 128 Å². The summed E-state index contributed by atoms with van der Waals surface area (Å²) in [7, 11) is -25.6. The van der Waals surface area contributed by atoms with Crippen molar-refractivity contribution in [3.63, 3.8) is 0 Å². The van der Waals surface area contributed by atoms with Crippen LogP contribution in [0.2, 0.25) is 0 Å². The maximum absolute atomic E-state index is 14.1. The standard InChI is InChI=1S/C30H57NO40P4/c31-7(1-32)27(68-75(64,70-30(56)25(53)18(46)14(42)9(38)3-34)71-74(62,63)66-12(5-36)16(44)13(41)8(37)2-33)28(10(39)4-35)67-73(60,61)69-29(55)26(54)24(52)23(51)22(50)21(49)20(48)19(47)17(45)15(43)11(40)6-65-72(57,58)59/h1,5,7-19,21-28,33-35,37-47,49-54H,2-4,6,31H2,(H,60,61)(H,62,63)(H2,57,58,59)/t7-,8+,9+,10+,11+,12-,13+,14+,15+,16+,17-,18-,19+,21?,22+,23+,24-,25+,26+,27+,28+,75?/m0/s1. The second-order valence-corrected chi connectivity index (χ2v) is 20.7. The smallest absolute Gasteiger partial charge is 0.394 e. The van der Waals surface area contributed by atoms with Crippen LogP contribution in [0.25, 0.3) is 0 Å². The summed E-state index contributed by atoms with van der Waals surface area (Å²) in [6.07, 6.45) is -60.9. The Morgan fingerprint density at radius 2 is 0.853 bits per heavy atom. The van der Waals surface area contributed by atoms with Gasteiger partial charge in [0, 0.05) is 0 Å². The summed E-state index contributed by atoms with van der Waals surface area (Å²) in [5.41, 5.74) is 5.53. The molecule has 45 heteroatoms. The van der Waals surface area contributed by atoms with Crippen molar-refractivity contribution in [1.82, 2.24) is 0 Å². The van der Waals surface area contributed by atoms with Gasteiger partial charge in [0.1, 0.15) is 110 Å². The highest BCUT2D eigenvalue weighted by atomic mass is 31.3. The minimum Gasteiger partial charge on any atom is -0.394 e. The van der Waals surface area contributed by atoms with Gasteiger partial charge in [-0.15, -0.1) is 0 Å². The first-order chi connectivity index (χ1) is 34.1. The average molecular weight is 1200 g/mol. The number of carbonyl (C=O) groups is 5. The summed E-state index contributed by atoms with van der Waals surface area (Å²) in [4.78, 5) is 99.9. The highest BCUT2D eigenvalue weighted by Gasteiger charge is 2.53. The lowest BCUT2D eigenvalue weighted by Gasteiger charge is -2.34. The fourth-order valence-electron chi connectivity index (χ4n) is 5.17. The average Bonchev–Trinajstić information content (AvgIpc) is 3.35. The van der Waals surface area contributed by atoms with Gasteiger partial charge < -0.3 is 141 Å². The van der Waals surface area contributed by atoms with Gasteiger partial charge in [0.2, 0.25) is 0 Å². The topological polar surface area (TPSA) is 730 Å². The molecular weight excluding hydrogens is 1140 g/mol. The largest absolute Gasteiger partial charge is 0.541 e. The number of aldehydes is 2. The number of phosphoric acid groups is 4. The number of phosphoric ester groups is 4. The molecule has 0 aliphatic rings. The van der Waals surface area contributed by atoms with Crippen LogP contribution in [0.4, 0.5) is 0 Å². The molecule has 26 N–H and O–H groups in total. The first-order valence-corrected chi connectivity index (χ1v) is 25.9. The Kier molecular flexibility index (Phi) is 30.5. The summed E-state index contributed by atoms with van der Waals surface area (Å²) in [5.74, 6) is -7.60. The predicted molar refractivity (Wildman–Crippen MR) is 222 cm³/mol. The maximum atomic E-state index is 14.1. The van der Waals surface area contributed by atoms with E-state index in [0.717, 1.165) is 0 Å². The van der Waals surface area contributed by atoms with E-state index >= 15 is 0 Å². The third-order valence-corrected chi connectivity index (χ3v) is 13.8. The Hall–Kier alpha value is -2.33. The third-order valence-electron chi connectivity index (χ3n) is 9.35. The molecule has 24 atom stereocenters. The lowest BCUT2D eigenvalue weighted by Crippen LogP contribution is -2.57. The number of aliphatic hydroxyl groups excluding tert-OH is 20. The van der Waals surface area contributed by atoms with E-state index in [-0.39, 0.29) is 0 Å². The molecule has 4 unspecified atom stereocenters. The predicted octanol–water partition coefficient (Wildman–Crippen LogP) is -14.9. The molecule has 0 saturated carbocycles. The number of aliphatic hydroxyl groups is 20. The molecule has 0 fully saturated rings. The van der Waals surface area contributed by atoms with Crippen molar-refractivity contribution in [2.24, 2.45) is 5.73 Å². The van der Waals surface area contributed by atoms with Crippen LogP contribution in [-0.2, 0) is 73.7 Å². The van der Waals surface area contributed by atoms with Gasteiger partial charge in [-0.25, -0.2) is 27.8 Å². The molecule has 0 amide bonds. The highest BCUT2D eigenvalue weighted by molar-refractivity contribution is 7.62. The zero-order valence-corrected chi connectivity index (χ0v) is 40.8. The number of hydrogen-bond donors (Lipinski definition) is 25. The van der Waals surface area contributed by atoms with Crippen molar-refractivity contribution in [3.8, 4) is 0 Å². The number of nitrogens with two attached hydrogens (primary N) is 1. The zero-order chi connectivity index (χ0) is 59.0. The summed E-state index contributed by atoms with van der Waals surface area (Å²) in [5, 5.41) is 199. The molecule has 0 aromatic rings. The SMILES string of the molecule is N[C@@H](C=O)[C@@H](OP(=O)(OC(=O)[C@H](O)[C@@H](O)[C@H](O)[C@H](O)CO)OP(=O)(O)O[C@@H](C=O)[C@@H](O)[C@H](O)[C@H](O)CO)[C@H](OP(=O)(O)OC(=O)[C@H](O)[C@@H](O)[C@H](O)[C@H](O)C(O)C(=O)[C@H](O)[C@@H](O)[C@H](O)[C@H](O)COP(=O)(O)O)[C@H](O)CO. The van der Waals surface area contributed by atoms with Crippen LogP contribution in [0.15, 0.2) is 0 Å². The quantitative estimate of drug-likeness (QED) is 0.0202. The molecule has 442 valence electrons. The minimum absolute atomic E-state index is 0.583. The van der Waals surface area contributed by atoms with Crippen LogP contribution < -0.4 is 5.73 Å². The molecule has 0 spiro atoms. The van der Waals surface area contributed by atoms with Gasteiger partial charge in [0.25, 0.3) is 0 Å². The van der Waals surface area contributed by atoms with Gasteiger partial charge >= 0.3 is 43.2 Å². The molecule has 75 heavy (non-hydrogen) atoms. The molecule has 0 heterocycles. The van der Waals surface area contributed by atoms with Gasteiger partial charge in [-0.3, -0.25) is 27.8 Å².